The maximum absolute atomic E-state index is 12.0. The second-order valence-corrected chi connectivity index (χ2v) is 8.52. The maximum atomic E-state index is 12.0. The van der Waals surface area contributed by atoms with E-state index in [-0.39, 0.29) is 35.6 Å². The van der Waals surface area contributed by atoms with Gasteiger partial charge in [-0.05, 0) is 5.92 Å². The molecule has 0 fully saturated rings. The number of carbonyl (C=O) groups is 1. The van der Waals surface area contributed by atoms with Crippen LogP contribution in [-0.2, 0) is 30.7 Å². The standard InChI is InChI=1S/C14H20N4O5S2/c1-9(2)12(10(7-15)13(19)23-6-5-22-3)16-8-11-17-18-14(24-11)25(4,20)21/h9,16H,5-6,8H2,1-4H3/b12-10+. The number of allylic oxidation sites excluding steroid dienone is 1. The molecule has 11 heteroatoms. The Kier molecular flexibility index (Phi) is 7.95. The predicted octanol–water partition coefficient (Wildman–Crippen LogP) is 0.654. The van der Waals surface area contributed by atoms with E-state index < -0.39 is 15.8 Å². The second-order valence-electron chi connectivity index (χ2n) is 5.27. The molecule has 1 aromatic rings. The highest BCUT2D eigenvalue weighted by Crippen LogP contribution is 2.18. The summed E-state index contributed by atoms with van der Waals surface area (Å²) in [4.78, 5) is 12.0. The van der Waals surface area contributed by atoms with E-state index in [1.54, 1.807) is 0 Å². The van der Waals surface area contributed by atoms with Crippen LogP contribution in [-0.4, -0.2) is 51.2 Å². The Morgan fingerprint density at radius 2 is 2.04 bits per heavy atom. The zero-order valence-corrected chi connectivity index (χ0v) is 16.0. The number of rotatable bonds is 9. The molecule has 1 heterocycles. The van der Waals surface area contributed by atoms with Crippen LogP contribution in [0.1, 0.15) is 18.9 Å². The minimum Gasteiger partial charge on any atom is -0.459 e. The van der Waals surface area contributed by atoms with Gasteiger partial charge >= 0.3 is 5.97 Å². The van der Waals surface area contributed by atoms with Crippen molar-refractivity contribution in [2.75, 3.05) is 26.6 Å². The highest BCUT2D eigenvalue weighted by molar-refractivity contribution is 7.92. The van der Waals surface area contributed by atoms with Gasteiger partial charge in [0.25, 0.3) is 0 Å². The summed E-state index contributed by atoms with van der Waals surface area (Å²) >= 11 is 0.927. The van der Waals surface area contributed by atoms with Crippen LogP contribution in [0.3, 0.4) is 0 Å². The van der Waals surface area contributed by atoms with Gasteiger partial charge in [0.1, 0.15) is 17.7 Å². The van der Waals surface area contributed by atoms with Gasteiger partial charge in [0.05, 0.1) is 13.2 Å². The molecule has 1 rings (SSSR count). The largest absolute Gasteiger partial charge is 0.459 e. The predicted molar refractivity (Wildman–Crippen MR) is 90.2 cm³/mol. The van der Waals surface area contributed by atoms with Crippen LogP contribution in [0, 0.1) is 17.2 Å². The van der Waals surface area contributed by atoms with Crippen LogP contribution in [0.2, 0.25) is 0 Å². The third kappa shape index (κ3) is 6.41. The van der Waals surface area contributed by atoms with Gasteiger partial charge in [0.2, 0.25) is 14.2 Å². The van der Waals surface area contributed by atoms with Gasteiger partial charge in [-0.1, -0.05) is 25.2 Å². The molecule has 0 aliphatic heterocycles. The van der Waals surface area contributed by atoms with Crippen molar-refractivity contribution >= 4 is 27.1 Å². The van der Waals surface area contributed by atoms with Crippen molar-refractivity contribution in [2.45, 2.75) is 24.7 Å². The fraction of sp³-hybridized carbons (Fsp3) is 0.571. The monoisotopic (exact) mass is 388 g/mol. The molecule has 1 N–H and O–H groups in total. The molecule has 0 atom stereocenters. The molecule has 0 amide bonds. The van der Waals surface area contributed by atoms with Crippen molar-refractivity contribution in [1.29, 1.82) is 5.26 Å². The number of sulfone groups is 1. The van der Waals surface area contributed by atoms with Crippen molar-refractivity contribution in [1.82, 2.24) is 15.5 Å². The molecular weight excluding hydrogens is 368 g/mol. The first kappa shape index (κ1) is 21.0. The van der Waals surface area contributed by atoms with Crippen LogP contribution < -0.4 is 5.32 Å². The first-order valence-electron chi connectivity index (χ1n) is 7.27. The minimum atomic E-state index is -3.42. The van der Waals surface area contributed by atoms with Crippen molar-refractivity contribution in [3.8, 4) is 6.07 Å². The van der Waals surface area contributed by atoms with E-state index in [2.05, 4.69) is 15.5 Å². The fourth-order valence-corrected chi connectivity index (χ4v) is 3.31. The number of hydrogen-bond acceptors (Lipinski definition) is 10. The maximum Gasteiger partial charge on any atom is 0.350 e. The molecular formula is C14H20N4O5S2. The van der Waals surface area contributed by atoms with Crippen LogP contribution in [0.15, 0.2) is 15.6 Å². The average molecular weight is 388 g/mol. The number of esters is 1. The van der Waals surface area contributed by atoms with Crippen LogP contribution in [0.5, 0.6) is 0 Å². The summed E-state index contributed by atoms with van der Waals surface area (Å²) in [5.74, 6) is -0.906. The number of aromatic nitrogens is 2. The Labute approximate surface area is 150 Å². The molecule has 0 radical (unpaired) electrons. The molecule has 0 bridgehead atoms. The molecule has 0 unspecified atom stereocenters. The number of nitrogens with zero attached hydrogens (tertiary/aromatic N) is 3. The molecule has 138 valence electrons. The molecule has 1 aromatic heterocycles. The molecule has 0 spiro atoms. The lowest BCUT2D eigenvalue weighted by Gasteiger charge is -2.15. The third-order valence-corrected chi connectivity index (χ3v) is 5.47. The number of hydrogen-bond donors (Lipinski definition) is 1. The summed E-state index contributed by atoms with van der Waals surface area (Å²) in [7, 11) is -1.94. The van der Waals surface area contributed by atoms with Gasteiger partial charge in [-0.15, -0.1) is 10.2 Å². The lowest BCUT2D eigenvalue weighted by Crippen LogP contribution is -2.23. The Balaban J connectivity index is 2.92. The summed E-state index contributed by atoms with van der Waals surface area (Å²) in [6.45, 7) is 4.03. The third-order valence-electron chi connectivity index (χ3n) is 2.88. The van der Waals surface area contributed by atoms with Crippen LogP contribution >= 0.6 is 11.3 Å². The van der Waals surface area contributed by atoms with Gasteiger partial charge in [-0.3, -0.25) is 0 Å². The smallest absolute Gasteiger partial charge is 0.350 e. The summed E-state index contributed by atoms with van der Waals surface area (Å²) in [6, 6.07) is 1.85. The van der Waals surface area contributed by atoms with E-state index in [0.29, 0.717) is 10.7 Å². The van der Waals surface area contributed by atoms with Gasteiger partial charge in [-0.2, -0.15) is 5.26 Å². The Morgan fingerprint density at radius 1 is 1.36 bits per heavy atom. The fourth-order valence-electron chi connectivity index (χ4n) is 1.72. The van der Waals surface area contributed by atoms with Crippen LogP contribution in [0.25, 0.3) is 0 Å². The topological polar surface area (TPSA) is 131 Å². The minimum absolute atomic E-state index is 0.0417. The molecule has 0 aliphatic carbocycles. The summed E-state index contributed by atoms with van der Waals surface area (Å²) in [5.41, 5.74) is 0.250. The zero-order chi connectivity index (χ0) is 19.0. The average Bonchev–Trinajstić information content (AvgIpc) is 3.00. The molecule has 25 heavy (non-hydrogen) atoms. The first-order valence-corrected chi connectivity index (χ1v) is 9.98. The Morgan fingerprint density at radius 3 is 2.52 bits per heavy atom. The molecule has 0 aromatic carbocycles. The lowest BCUT2D eigenvalue weighted by atomic mass is 10.0. The number of nitriles is 1. The van der Waals surface area contributed by atoms with E-state index in [1.807, 2.05) is 19.9 Å². The van der Waals surface area contributed by atoms with Crippen LogP contribution in [0.4, 0.5) is 0 Å². The van der Waals surface area contributed by atoms with Gasteiger partial charge in [-0.25, -0.2) is 13.2 Å². The molecule has 0 aliphatic rings. The number of carbonyl (C=O) groups excluding carboxylic acids is 1. The van der Waals surface area contributed by atoms with Crippen molar-refractivity contribution in [2.24, 2.45) is 5.92 Å². The van der Waals surface area contributed by atoms with E-state index in [4.69, 9.17) is 9.47 Å². The van der Waals surface area contributed by atoms with Crippen molar-refractivity contribution in [3.63, 3.8) is 0 Å². The van der Waals surface area contributed by atoms with E-state index >= 15 is 0 Å². The summed E-state index contributed by atoms with van der Waals surface area (Å²) in [5, 5.41) is 20.1. The number of nitrogens with one attached hydrogen (secondary N) is 1. The Bertz CT molecular complexity index is 777. The number of methoxy groups -OCH3 is 1. The quantitative estimate of drug-likeness (QED) is 0.280. The van der Waals surface area contributed by atoms with Gasteiger partial charge in [0.15, 0.2) is 5.57 Å². The summed E-state index contributed by atoms with van der Waals surface area (Å²) < 4.78 is 32.5. The highest BCUT2D eigenvalue weighted by Gasteiger charge is 2.20. The normalized spacial score (nSPS) is 12.5. The highest BCUT2D eigenvalue weighted by atomic mass is 32.2. The van der Waals surface area contributed by atoms with Gasteiger partial charge in [0, 0.05) is 19.1 Å². The van der Waals surface area contributed by atoms with Gasteiger partial charge < -0.3 is 14.8 Å². The Hall–Kier alpha value is -2.03. The number of ether oxygens (including phenoxy) is 2. The van der Waals surface area contributed by atoms with Crippen molar-refractivity contribution < 1.29 is 22.7 Å². The lowest BCUT2D eigenvalue weighted by molar-refractivity contribution is -0.139. The summed E-state index contributed by atoms with van der Waals surface area (Å²) in [6.07, 6.45) is 1.05. The zero-order valence-electron chi connectivity index (χ0n) is 14.4. The van der Waals surface area contributed by atoms with Crippen molar-refractivity contribution in [3.05, 3.63) is 16.3 Å². The second kappa shape index (κ2) is 9.45. The molecule has 9 nitrogen and oxygen atoms in total. The molecule has 0 saturated heterocycles. The van der Waals surface area contributed by atoms with E-state index in [0.717, 1.165) is 17.6 Å². The van der Waals surface area contributed by atoms with E-state index in [9.17, 15) is 18.5 Å². The SMILES string of the molecule is COCCOC(=O)/C(C#N)=C(/NCc1nnc(S(C)(=O)=O)s1)C(C)C. The first-order chi connectivity index (χ1) is 11.7. The van der Waals surface area contributed by atoms with E-state index in [1.165, 1.54) is 7.11 Å². The molecule has 0 saturated carbocycles.